The second kappa shape index (κ2) is 5.57. The first kappa shape index (κ1) is 13.1. The fourth-order valence-electron chi connectivity index (χ4n) is 1.70. The molecule has 0 bridgehead atoms. The quantitative estimate of drug-likeness (QED) is 0.715. The van der Waals surface area contributed by atoms with Crippen molar-refractivity contribution in [3.05, 3.63) is 71.0 Å². The Kier molecular flexibility index (Phi) is 4.07. The molecule has 94 valence electrons. The molecule has 0 nitrogen and oxygen atoms in total. The maximum atomic E-state index is 13.6. The fraction of sp³-hybridized carbons (Fsp3) is 0.143. The van der Waals surface area contributed by atoms with Crippen molar-refractivity contribution in [1.29, 1.82) is 0 Å². The highest BCUT2D eigenvalue weighted by atomic mass is 79.9. The van der Waals surface area contributed by atoms with E-state index in [4.69, 9.17) is 0 Å². The smallest absolute Gasteiger partial charge is 0.163 e. The third kappa shape index (κ3) is 2.93. The number of halogens is 4. The summed E-state index contributed by atoms with van der Waals surface area (Å²) < 4.78 is 39.4. The second-order valence-corrected chi connectivity index (χ2v) is 5.05. The van der Waals surface area contributed by atoms with Crippen molar-refractivity contribution in [2.24, 2.45) is 0 Å². The molecular formula is C14H10BrF3. The number of alkyl halides is 1. The minimum Gasteiger partial charge on any atom is -0.207 e. The molecule has 2 aromatic rings. The third-order valence-electron chi connectivity index (χ3n) is 2.65. The average molecular weight is 315 g/mol. The molecule has 0 fully saturated rings. The van der Waals surface area contributed by atoms with E-state index in [1.165, 1.54) is 24.3 Å². The number of benzene rings is 2. The Morgan fingerprint density at radius 2 is 1.61 bits per heavy atom. The van der Waals surface area contributed by atoms with Crippen molar-refractivity contribution < 1.29 is 13.2 Å². The van der Waals surface area contributed by atoms with Crippen LogP contribution >= 0.6 is 15.9 Å². The van der Waals surface area contributed by atoms with Crippen LogP contribution in [-0.4, -0.2) is 0 Å². The zero-order chi connectivity index (χ0) is 13.1. The molecule has 0 radical (unpaired) electrons. The lowest BCUT2D eigenvalue weighted by Crippen LogP contribution is -2.00. The van der Waals surface area contributed by atoms with Gasteiger partial charge in [-0.25, -0.2) is 13.2 Å². The summed E-state index contributed by atoms with van der Waals surface area (Å²) in [7, 11) is 0. The molecule has 0 aromatic heterocycles. The number of hydrogen-bond donors (Lipinski definition) is 0. The van der Waals surface area contributed by atoms with Crippen LogP contribution in [0.3, 0.4) is 0 Å². The fourth-order valence-corrected chi connectivity index (χ4v) is 2.43. The van der Waals surface area contributed by atoms with Crippen LogP contribution in [0.1, 0.15) is 16.0 Å². The summed E-state index contributed by atoms with van der Waals surface area (Å²) in [5.41, 5.74) is 1.11. The first-order chi connectivity index (χ1) is 8.58. The van der Waals surface area contributed by atoms with Gasteiger partial charge in [-0.1, -0.05) is 40.2 Å². The predicted molar refractivity (Wildman–Crippen MR) is 68.1 cm³/mol. The summed E-state index contributed by atoms with van der Waals surface area (Å²) in [4.78, 5) is -0.348. The van der Waals surface area contributed by atoms with E-state index in [2.05, 4.69) is 15.9 Å². The van der Waals surface area contributed by atoms with E-state index in [0.717, 1.165) is 11.6 Å². The zero-order valence-corrected chi connectivity index (χ0v) is 10.9. The van der Waals surface area contributed by atoms with E-state index in [9.17, 15) is 13.2 Å². The Hall–Kier alpha value is -1.29. The van der Waals surface area contributed by atoms with Gasteiger partial charge >= 0.3 is 0 Å². The minimum absolute atomic E-state index is 0.263. The lowest BCUT2D eigenvalue weighted by molar-refractivity contribution is 0.498. The molecule has 0 aliphatic carbocycles. The van der Waals surface area contributed by atoms with Crippen LogP contribution in [0.25, 0.3) is 0 Å². The molecule has 18 heavy (non-hydrogen) atoms. The SMILES string of the molecule is Fc1ccc(CC(Br)c2cccc(F)c2F)cc1. The molecular weight excluding hydrogens is 305 g/mol. The van der Waals surface area contributed by atoms with Gasteiger partial charge in [-0.05, 0) is 30.2 Å². The van der Waals surface area contributed by atoms with Crippen molar-refractivity contribution >= 4 is 15.9 Å². The van der Waals surface area contributed by atoms with Gasteiger partial charge in [0.25, 0.3) is 0 Å². The molecule has 0 saturated carbocycles. The molecule has 2 rings (SSSR count). The number of hydrogen-bond acceptors (Lipinski definition) is 0. The van der Waals surface area contributed by atoms with Crippen LogP contribution in [0.4, 0.5) is 13.2 Å². The minimum atomic E-state index is -0.865. The highest BCUT2D eigenvalue weighted by molar-refractivity contribution is 9.09. The molecule has 0 N–H and O–H groups in total. The van der Waals surface area contributed by atoms with Gasteiger partial charge in [-0.3, -0.25) is 0 Å². The van der Waals surface area contributed by atoms with Crippen molar-refractivity contribution in [2.75, 3.05) is 0 Å². The Bertz CT molecular complexity index is 537. The van der Waals surface area contributed by atoms with Gasteiger partial charge in [0, 0.05) is 10.4 Å². The Labute approximate surface area is 112 Å². The van der Waals surface area contributed by atoms with Gasteiger partial charge in [-0.2, -0.15) is 0 Å². The molecule has 0 aliphatic heterocycles. The second-order valence-electron chi connectivity index (χ2n) is 3.94. The third-order valence-corrected chi connectivity index (χ3v) is 3.46. The normalized spacial score (nSPS) is 12.4. The molecule has 0 amide bonds. The van der Waals surface area contributed by atoms with Gasteiger partial charge in [0.1, 0.15) is 5.82 Å². The average Bonchev–Trinajstić information content (AvgIpc) is 2.35. The van der Waals surface area contributed by atoms with Crippen LogP contribution in [0.2, 0.25) is 0 Å². The van der Waals surface area contributed by atoms with Gasteiger partial charge in [-0.15, -0.1) is 0 Å². The summed E-state index contributed by atoms with van der Waals surface area (Å²) in [6.07, 6.45) is 0.459. The van der Waals surface area contributed by atoms with Crippen molar-refractivity contribution in [3.63, 3.8) is 0 Å². The van der Waals surface area contributed by atoms with E-state index < -0.39 is 11.6 Å². The summed E-state index contributed by atoms with van der Waals surface area (Å²) >= 11 is 3.33. The maximum absolute atomic E-state index is 13.6. The van der Waals surface area contributed by atoms with Gasteiger partial charge < -0.3 is 0 Å². The first-order valence-electron chi connectivity index (χ1n) is 5.40. The molecule has 0 saturated heterocycles. The Balaban J connectivity index is 2.19. The molecule has 2 aromatic carbocycles. The first-order valence-corrected chi connectivity index (χ1v) is 6.32. The van der Waals surface area contributed by atoms with E-state index in [1.807, 2.05) is 0 Å². The van der Waals surface area contributed by atoms with Gasteiger partial charge in [0.15, 0.2) is 11.6 Å². The zero-order valence-electron chi connectivity index (χ0n) is 9.34. The maximum Gasteiger partial charge on any atom is 0.163 e. The highest BCUT2D eigenvalue weighted by Crippen LogP contribution is 2.29. The molecule has 0 spiro atoms. The molecule has 1 atom stereocenters. The Morgan fingerprint density at radius 1 is 0.944 bits per heavy atom. The summed E-state index contributed by atoms with van der Waals surface area (Å²) in [5, 5.41) is 0. The van der Waals surface area contributed by atoms with Crippen LogP contribution in [0.15, 0.2) is 42.5 Å². The molecule has 1 unspecified atom stereocenters. The van der Waals surface area contributed by atoms with Crippen LogP contribution in [0, 0.1) is 17.5 Å². The van der Waals surface area contributed by atoms with Crippen LogP contribution in [0.5, 0.6) is 0 Å². The van der Waals surface area contributed by atoms with Crippen LogP contribution in [-0.2, 0) is 6.42 Å². The summed E-state index contributed by atoms with van der Waals surface area (Å²) in [5.74, 6) is -2.03. The molecule has 0 aliphatic rings. The topological polar surface area (TPSA) is 0 Å². The number of rotatable bonds is 3. The summed E-state index contributed by atoms with van der Waals surface area (Å²) in [6, 6.07) is 10.0. The van der Waals surface area contributed by atoms with Crippen molar-refractivity contribution in [1.82, 2.24) is 0 Å². The predicted octanol–water partition coefficient (Wildman–Crippen LogP) is 4.78. The lowest BCUT2D eigenvalue weighted by Gasteiger charge is -2.11. The van der Waals surface area contributed by atoms with E-state index in [0.29, 0.717) is 6.42 Å². The largest absolute Gasteiger partial charge is 0.207 e. The van der Waals surface area contributed by atoms with Crippen molar-refractivity contribution in [2.45, 2.75) is 11.2 Å². The highest BCUT2D eigenvalue weighted by Gasteiger charge is 2.15. The van der Waals surface area contributed by atoms with Crippen molar-refractivity contribution in [3.8, 4) is 0 Å². The lowest BCUT2D eigenvalue weighted by atomic mass is 10.0. The Morgan fingerprint density at radius 3 is 2.28 bits per heavy atom. The van der Waals surface area contributed by atoms with Gasteiger partial charge in [0.2, 0.25) is 0 Å². The monoisotopic (exact) mass is 314 g/mol. The summed E-state index contributed by atoms with van der Waals surface area (Å²) in [6.45, 7) is 0. The molecule has 0 heterocycles. The van der Waals surface area contributed by atoms with Crippen LogP contribution < -0.4 is 0 Å². The van der Waals surface area contributed by atoms with E-state index >= 15 is 0 Å². The van der Waals surface area contributed by atoms with E-state index in [1.54, 1.807) is 12.1 Å². The van der Waals surface area contributed by atoms with E-state index in [-0.39, 0.29) is 16.2 Å². The standard InChI is InChI=1S/C14H10BrF3/c15-12(8-9-4-6-10(16)7-5-9)11-2-1-3-13(17)14(11)18/h1-7,12H,8H2. The van der Waals surface area contributed by atoms with Gasteiger partial charge in [0.05, 0.1) is 0 Å². The molecule has 4 heteroatoms.